The minimum Gasteiger partial charge on any atom is -0.353 e. The van der Waals surface area contributed by atoms with Crippen molar-refractivity contribution in [3.05, 3.63) is 11.7 Å². The lowest BCUT2D eigenvalue weighted by atomic mass is 10.2. The van der Waals surface area contributed by atoms with E-state index in [-0.39, 0.29) is 24.0 Å². The van der Waals surface area contributed by atoms with E-state index in [4.69, 9.17) is 4.52 Å². The van der Waals surface area contributed by atoms with Crippen LogP contribution in [0.15, 0.2) is 9.52 Å². The van der Waals surface area contributed by atoms with Gasteiger partial charge in [-0.2, -0.15) is 16.7 Å². The lowest BCUT2D eigenvalue weighted by Gasteiger charge is -2.24. The Morgan fingerprint density at radius 1 is 1.58 bits per heavy atom. The molecule has 1 unspecified atom stereocenters. The first-order valence-electron chi connectivity index (χ1n) is 6.12. The molecule has 1 aromatic rings. The van der Waals surface area contributed by atoms with E-state index >= 15 is 0 Å². The summed E-state index contributed by atoms with van der Waals surface area (Å²) in [4.78, 5) is 8.34. The van der Waals surface area contributed by atoms with Crippen LogP contribution in [0.5, 0.6) is 0 Å². The van der Waals surface area contributed by atoms with Gasteiger partial charge in [0.1, 0.15) is 0 Å². The predicted octanol–water partition coefficient (Wildman–Crippen LogP) is 1.56. The highest BCUT2D eigenvalue weighted by molar-refractivity contribution is 14.0. The Morgan fingerprint density at radius 3 is 3.00 bits per heavy atom. The molecule has 8 heteroatoms. The van der Waals surface area contributed by atoms with Crippen LogP contribution in [0.3, 0.4) is 0 Å². The second kappa shape index (κ2) is 8.62. The molecule has 1 saturated heterocycles. The number of aromatic nitrogens is 2. The van der Waals surface area contributed by atoms with Crippen molar-refractivity contribution < 1.29 is 4.52 Å². The van der Waals surface area contributed by atoms with Crippen molar-refractivity contribution in [3.8, 4) is 0 Å². The Labute approximate surface area is 134 Å². The smallest absolute Gasteiger partial charge is 0.223 e. The molecule has 0 bridgehead atoms. The van der Waals surface area contributed by atoms with Crippen molar-refractivity contribution in [1.82, 2.24) is 20.8 Å². The molecular formula is C11H20IN5OS. The third-order valence-corrected chi connectivity index (χ3v) is 3.92. The normalized spacial score (nSPS) is 19.7. The molecule has 0 radical (unpaired) electrons. The quantitative estimate of drug-likeness (QED) is 0.458. The summed E-state index contributed by atoms with van der Waals surface area (Å²) >= 11 is 1.99. The van der Waals surface area contributed by atoms with E-state index in [1.807, 2.05) is 11.8 Å². The second-order valence-electron chi connectivity index (χ2n) is 4.21. The molecule has 19 heavy (non-hydrogen) atoms. The van der Waals surface area contributed by atoms with Crippen LogP contribution in [-0.4, -0.2) is 40.7 Å². The van der Waals surface area contributed by atoms with Gasteiger partial charge in [0, 0.05) is 25.8 Å². The zero-order valence-electron chi connectivity index (χ0n) is 11.2. The van der Waals surface area contributed by atoms with Gasteiger partial charge in [-0.15, -0.1) is 24.0 Å². The van der Waals surface area contributed by atoms with Crippen molar-refractivity contribution >= 4 is 41.7 Å². The average Bonchev–Trinajstić information content (AvgIpc) is 2.81. The minimum absolute atomic E-state index is 0. The summed E-state index contributed by atoms with van der Waals surface area (Å²) < 4.78 is 4.92. The van der Waals surface area contributed by atoms with Crippen LogP contribution in [0.2, 0.25) is 0 Å². The number of aliphatic imine (C=N–C) groups is 1. The van der Waals surface area contributed by atoms with E-state index < -0.39 is 0 Å². The van der Waals surface area contributed by atoms with Crippen LogP contribution in [0.25, 0.3) is 0 Å². The summed E-state index contributed by atoms with van der Waals surface area (Å²) in [5, 5.41) is 10.4. The first kappa shape index (κ1) is 16.5. The number of rotatable bonds is 3. The molecule has 0 aliphatic carbocycles. The van der Waals surface area contributed by atoms with E-state index in [2.05, 4.69) is 25.8 Å². The number of guanidine groups is 1. The first-order valence-corrected chi connectivity index (χ1v) is 7.27. The van der Waals surface area contributed by atoms with Crippen molar-refractivity contribution in [3.63, 3.8) is 0 Å². The molecule has 108 valence electrons. The highest BCUT2D eigenvalue weighted by Crippen LogP contribution is 2.16. The summed E-state index contributed by atoms with van der Waals surface area (Å²) in [7, 11) is 1.77. The molecule has 1 atom stereocenters. The lowest BCUT2D eigenvalue weighted by molar-refractivity contribution is 0.386. The molecule has 0 amide bonds. The standard InChI is InChI=1S/C11H19N5OS.HI/c1-8-14-10(16-17-8)6-13-11(12-2)15-9-4-3-5-18-7-9;/h9H,3-7H2,1-2H3,(H2,12,13,15);1H. The molecule has 2 heterocycles. The van der Waals surface area contributed by atoms with Gasteiger partial charge in [-0.3, -0.25) is 4.99 Å². The number of hydrogen-bond donors (Lipinski definition) is 2. The Balaban J connectivity index is 0.00000180. The number of halogens is 1. The van der Waals surface area contributed by atoms with Gasteiger partial charge in [0.15, 0.2) is 11.8 Å². The molecule has 1 aliphatic rings. The van der Waals surface area contributed by atoms with Crippen LogP contribution < -0.4 is 10.6 Å². The van der Waals surface area contributed by atoms with Gasteiger partial charge < -0.3 is 15.2 Å². The SMILES string of the molecule is CN=C(NCc1noc(C)n1)NC1CCCSC1.I. The highest BCUT2D eigenvalue weighted by Gasteiger charge is 2.15. The van der Waals surface area contributed by atoms with Crippen LogP contribution in [-0.2, 0) is 6.54 Å². The Bertz CT molecular complexity index is 406. The number of nitrogens with zero attached hydrogens (tertiary/aromatic N) is 3. The number of nitrogens with one attached hydrogen (secondary N) is 2. The Hall–Kier alpha value is -0.510. The van der Waals surface area contributed by atoms with Gasteiger partial charge >= 0.3 is 0 Å². The van der Waals surface area contributed by atoms with Gasteiger partial charge in [0.2, 0.25) is 5.89 Å². The largest absolute Gasteiger partial charge is 0.353 e. The van der Waals surface area contributed by atoms with Crippen molar-refractivity contribution in [2.75, 3.05) is 18.6 Å². The maximum Gasteiger partial charge on any atom is 0.223 e. The zero-order chi connectivity index (χ0) is 12.8. The monoisotopic (exact) mass is 397 g/mol. The summed E-state index contributed by atoms with van der Waals surface area (Å²) in [5.41, 5.74) is 0. The third-order valence-electron chi connectivity index (χ3n) is 2.71. The van der Waals surface area contributed by atoms with E-state index in [0.29, 0.717) is 24.3 Å². The predicted molar refractivity (Wildman–Crippen MR) is 88.1 cm³/mol. The molecule has 1 aliphatic heterocycles. The molecule has 0 saturated carbocycles. The van der Waals surface area contributed by atoms with Gasteiger partial charge in [-0.1, -0.05) is 5.16 Å². The van der Waals surface area contributed by atoms with E-state index in [9.17, 15) is 0 Å². The molecule has 6 nitrogen and oxygen atoms in total. The number of aryl methyl sites for hydroxylation is 1. The zero-order valence-corrected chi connectivity index (χ0v) is 14.3. The molecule has 2 rings (SSSR count). The average molecular weight is 397 g/mol. The highest BCUT2D eigenvalue weighted by atomic mass is 127. The summed E-state index contributed by atoms with van der Waals surface area (Å²) in [5.74, 6) is 4.44. The fraction of sp³-hybridized carbons (Fsp3) is 0.727. The van der Waals surface area contributed by atoms with Gasteiger partial charge in [0.05, 0.1) is 6.54 Å². The van der Waals surface area contributed by atoms with Crippen LogP contribution in [0, 0.1) is 6.92 Å². The van der Waals surface area contributed by atoms with Gasteiger partial charge in [-0.25, -0.2) is 0 Å². The van der Waals surface area contributed by atoms with E-state index in [1.54, 1.807) is 14.0 Å². The molecular weight excluding hydrogens is 377 g/mol. The van der Waals surface area contributed by atoms with Crippen LogP contribution >= 0.6 is 35.7 Å². The minimum atomic E-state index is 0. The molecule has 1 fully saturated rings. The molecule has 0 aromatic carbocycles. The Kier molecular flexibility index (Phi) is 7.51. The van der Waals surface area contributed by atoms with Gasteiger partial charge in [-0.05, 0) is 18.6 Å². The molecule has 1 aromatic heterocycles. The maximum absolute atomic E-state index is 4.92. The van der Waals surface area contributed by atoms with Crippen molar-refractivity contribution in [2.45, 2.75) is 32.4 Å². The summed E-state index contributed by atoms with van der Waals surface area (Å²) in [6.45, 7) is 2.31. The topological polar surface area (TPSA) is 75.3 Å². The maximum atomic E-state index is 4.92. The van der Waals surface area contributed by atoms with Crippen LogP contribution in [0.4, 0.5) is 0 Å². The Morgan fingerprint density at radius 2 is 2.42 bits per heavy atom. The van der Waals surface area contributed by atoms with Crippen molar-refractivity contribution in [1.29, 1.82) is 0 Å². The number of thioether (sulfide) groups is 1. The van der Waals surface area contributed by atoms with Crippen molar-refractivity contribution in [2.24, 2.45) is 4.99 Å². The van der Waals surface area contributed by atoms with Crippen LogP contribution in [0.1, 0.15) is 24.6 Å². The second-order valence-corrected chi connectivity index (χ2v) is 5.36. The summed E-state index contributed by atoms with van der Waals surface area (Å²) in [6.07, 6.45) is 2.47. The summed E-state index contributed by atoms with van der Waals surface area (Å²) in [6, 6.07) is 0.502. The molecule has 2 N–H and O–H groups in total. The first-order chi connectivity index (χ1) is 8.78. The molecule has 0 spiro atoms. The fourth-order valence-electron chi connectivity index (χ4n) is 1.82. The lowest BCUT2D eigenvalue weighted by Crippen LogP contribution is -2.45. The fourth-order valence-corrected chi connectivity index (χ4v) is 2.89. The third kappa shape index (κ3) is 5.55. The van der Waals surface area contributed by atoms with E-state index in [0.717, 1.165) is 11.7 Å². The van der Waals surface area contributed by atoms with Gasteiger partial charge in [0.25, 0.3) is 0 Å². The van der Waals surface area contributed by atoms with E-state index in [1.165, 1.54) is 18.6 Å². The number of hydrogen-bond acceptors (Lipinski definition) is 5.